The molecule has 0 bridgehead atoms. The molecule has 8 heteroatoms. The molecule has 0 saturated carbocycles. The molecule has 6 nitrogen and oxygen atoms in total. The lowest BCUT2D eigenvalue weighted by Gasteiger charge is -2.23. The number of unbranched alkanes of at least 4 members (excludes halogenated alkanes) is 1. The lowest BCUT2D eigenvalue weighted by molar-refractivity contribution is -0.121. The number of carbonyl (C=O) groups is 1. The molecule has 1 amide bonds. The lowest BCUT2D eigenvalue weighted by Crippen LogP contribution is -2.40. The van der Waals surface area contributed by atoms with Gasteiger partial charge < -0.3 is 10.1 Å². The maximum Gasteiger partial charge on any atom is 0.247 e. The molecule has 0 saturated heterocycles. The fourth-order valence-electron chi connectivity index (χ4n) is 2.62. The van der Waals surface area contributed by atoms with Gasteiger partial charge >= 0.3 is 0 Å². The maximum absolute atomic E-state index is 13.3. The molecule has 1 N–H and O–H groups in total. The number of halogens is 1. The van der Waals surface area contributed by atoms with Gasteiger partial charge in [-0.3, -0.25) is 4.79 Å². The molecule has 0 aliphatic carbocycles. The van der Waals surface area contributed by atoms with E-state index in [2.05, 4.69) is 5.32 Å². The Morgan fingerprint density at radius 2 is 1.89 bits per heavy atom. The zero-order valence-electron chi connectivity index (χ0n) is 16.0. The number of methoxy groups -OCH3 is 1. The summed E-state index contributed by atoms with van der Waals surface area (Å²) >= 11 is 6.02. The molecule has 2 aromatic rings. The summed E-state index contributed by atoms with van der Waals surface area (Å²) in [6.45, 7) is 2.29. The molecule has 0 heterocycles. The van der Waals surface area contributed by atoms with Crippen molar-refractivity contribution in [3.05, 3.63) is 59.1 Å². The number of nitrogens with one attached hydrogen (secondary N) is 1. The first-order chi connectivity index (χ1) is 13.4. The lowest BCUT2D eigenvalue weighted by atomic mass is 10.2. The van der Waals surface area contributed by atoms with E-state index in [0.717, 1.165) is 22.7 Å². The van der Waals surface area contributed by atoms with Crippen LogP contribution in [0.4, 0.5) is 0 Å². The van der Waals surface area contributed by atoms with Crippen molar-refractivity contribution in [2.24, 2.45) is 0 Å². The highest BCUT2D eigenvalue weighted by atomic mass is 35.5. The first-order valence-electron chi connectivity index (χ1n) is 9.02. The summed E-state index contributed by atoms with van der Waals surface area (Å²) in [6, 6.07) is 13.5. The Kier molecular flexibility index (Phi) is 8.29. The third kappa shape index (κ3) is 5.95. The molecule has 0 fully saturated rings. The first kappa shape index (κ1) is 22.2. The molecule has 2 aromatic carbocycles. The summed E-state index contributed by atoms with van der Waals surface area (Å²) < 4.78 is 33.0. The number of nitrogens with zero attached hydrogens (tertiary/aromatic N) is 1. The van der Waals surface area contributed by atoms with Crippen LogP contribution in [0.1, 0.15) is 25.3 Å². The van der Waals surface area contributed by atoms with Crippen molar-refractivity contribution in [3.8, 4) is 5.75 Å². The minimum Gasteiger partial charge on any atom is -0.495 e. The zero-order valence-corrected chi connectivity index (χ0v) is 17.6. The van der Waals surface area contributed by atoms with Crippen LogP contribution >= 0.6 is 11.6 Å². The van der Waals surface area contributed by atoms with E-state index in [1.54, 1.807) is 6.07 Å². The SMILES string of the molecule is CCCCNC(=O)CN(Cc1ccccc1)S(=O)(=O)c1cc(Cl)ccc1OC. The van der Waals surface area contributed by atoms with Gasteiger partial charge in [0, 0.05) is 18.1 Å². The minimum absolute atomic E-state index is 0.0556. The third-order valence-corrected chi connectivity index (χ3v) is 6.17. The van der Waals surface area contributed by atoms with Crippen LogP contribution in [0.15, 0.2) is 53.4 Å². The highest BCUT2D eigenvalue weighted by molar-refractivity contribution is 7.89. The predicted octanol–water partition coefficient (Wildman–Crippen LogP) is 3.46. The van der Waals surface area contributed by atoms with Gasteiger partial charge in [0.2, 0.25) is 15.9 Å². The number of sulfonamides is 1. The number of hydrogen-bond acceptors (Lipinski definition) is 4. The van der Waals surface area contributed by atoms with Gasteiger partial charge in [-0.25, -0.2) is 8.42 Å². The van der Waals surface area contributed by atoms with Crippen LogP contribution in [0.2, 0.25) is 5.02 Å². The van der Waals surface area contributed by atoms with Gasteiger partial charge in [-0.2, -0.15) is 4.31 Å². The van der Waals surface area contributed by atoms with E-state index in [9.17, 15) is 13.2 Å². The number of rotatable bonds is 10. The number of benzene rings is 2. The summed E-state index contributed by atoms with van der Waals surface area (Å²) in [4.78, 5) is 12.3. The number of ether oxygens (including phenoxy) is 1. The summed E-state index contributed by atoms with van der Waals surface area (Å²) in [5.74, 6) is -0.178. The minimum atomic E-state index is -4.03. The molecule has 2 rings (SSSR count). The van der Waals surface area contributed by atoms with E-state index >= 15 is 0 Å². The van der Waals surface area contributed by atoms with E-state index in [1.165, 1.54) is 19.2 Å². The molecule has 28 heavy (non-hydrogen) atoms. The van der Waals surface area contributed by atoms with Crippen molar-refractivity contribution in [1.82, 2.24) is 9.62 Å². The van der Waals surface area contributed by atoms with Crippen LogP contribution < -0.4 is 10.1 Å². The Balaban J connectivity index is 2.36. The van der Waals surface area contributed by atoms with Gasteiger partial charge in [0.1, 0.15) is 10.6 Å². The van der Waals surface area contributed by atoms with E-state index in [1.807, 2.05) is 37.3 Å². The third-order valence-electron chi connectivity index (χ3n) is 4.12. The second-order valence-corrected chi connectivity index (χ2v) is 8.60. The number of amides is 1. The summed E-state index contributed by atoms with van der Waals surface area (Å²) in [7, 11) is -2.64. The van der Waals surface area contributed by atoms with Gasteiger partial charge in [-0.15, -0.1) is 0 Å². The second kappa shape index (κ2) is 10.5. The molecule has 0 atom stereocenters. The summed E-state index contributed by atoms with van der Waals surface area (Å²) in [5.41, 5.74) is 0.772. The van der Waals surface area contributed by atoms with Crippen molar-refractivity contribution < 1.29 is 17.9 Å². The smallest absolute Gasteiger partial charge is 0.247 e. The van der Waals surface area contributed by atoms with Crippen LogP contribution in [-0.4, -0.2) is 38.8 Å². The summed E-state index contributed by atoms with van der Waals surface area (Å²) in [5, 5.41) is 3.03. The predicted molar refractivity (Wildman–Crippen MR) is 110 cm³/mol. The molecule has 0 spiro atoms. The molecule has 0 radical (unpaired) electrons. The van der Waals surface area contributed by atoms with Crippen LogP contribution in [0, 0.1) is 0 Å². The fraction of sp³-hybridized carbons (Fsp3) is 0.350. The number of carbonyl (C=O) groups excluding carboxylic acids is 1. The van der Waals surface area contributed by atoms with Crippen LogP contribution in [0.3, 0.4) is 0 Å². The van der Waals surface area contributed by atoms with Crippen LogP contribution in [0.25, 0.3) is 0 Å². The highest BCUT2D eigenvalue weighted by Crippen LogP contribution is 2.30. The quantitative estimate of drug-likeness (QED) is 0.592. The molecule has 152 valence electrons. The van der Waals surface area contributed by atoms with Crippen molar-refractivity contribution in [3.63, 3.8) is 0 Å². The van der Waals surface area contributed by atoms with E-state index in [-0.39, 0.29) is 34.7 Å². The van der Waals surface area contributed by atoms with E-state index < -0.39 is 10.0 Å². The Bertz CT molecular complexity index is 888. The molecule has 0 aliphatic heterocycles. The van der Waals surface area contributed by atoms with Gasteiger partial charge in [-0.05, 0) is 30.2 Å². The van der Waals surface area contributed by atoms with Crippen molar-refractivity contribution in [2.45, 2.75) is 31.2 Å². The van der Waals surface area contributed by atoms with Crippen LogP contribution in [-0.2, 0) is 21.4 Å². The Morgan fingerprint density at radius 3 is 2.54 bits per heavy atom. The van der Waals surface area contributed by atoms with Gasteiger partial charge in [0.25, 0.3) is 0 Å². The van der Waals surface area contributed by atoms with E-state index in [4.69, 9.17) is 16.3 Å². The Morgan fingerprint density at radius 1 is 1.18 bits per heavy atom. The monoisotopic (exact) mass is 424 g/mol. The molecule has 0 unspecified atom stereocenters. The zero-order chi connectivity index (χ0) is 20.6. The fourth-order valence-corrected chi connectivity index (χ4v) is 4.43. The molecule has 0 aromatic heterocycles. The van der Waals surface area contributed by atoms with Gasteiger partial charge in [0.05, 0.1) is 13.7 Å². The van der Waals surface area contributed by atoms with Gasteiger partial charge in [0.15, 0.2) is 0 Å². The van der Waals surface area contributed by atoms with Crippen molar-refractivity contribution in [2.75, 3.05) is 20.2 Å². The first-order valence-corrected chi connectivity index (χ1v) is 10.8. The van der Waals surface area contributed by atoms with Crippen molar-refractivity contribution >= 4 is 27.5 Å². The average molecular weight is 425 g/mol. The molecule has 0 aliphatic rings. The topological polar surface area (TPSA) is 75.7 Å². The van der Waals surface area contributed by atoms with Crippen molar-refractivity contribution in [1.29, 1.82) is 0 Å². The average Bonchev–Trinajstić information content (AvgIpc) is 2.68. The number of hydrogen-bond donors (Lipinski definition) is 1. The van der Waals surface area contributed by atoms with Crippen LogP contribution in [0.5, 0.6) is 5.75 Å². The standard InChI is InChI=1S/C20H25ClN2O4S/c1-3-4-12-22-20(24)15-23(14-16-8-6-5-7-9-16)28(25,26)19-13-17(21)10-11-18(19)27-2/h5-11,13H,3-4,12,14-15H2,1-2H3,(H,22,24). The summed E-state index contributed by atoms with van der Waals surface area (Å²) in [6.07, 6.45) is 1.77. The Labute approximate surface area is 171 Å². The molecular weight excluding hydrogens is 400 g/mol. The largest absolute Gasteiger partial charge is 0.495 e. The second-order valence-electron chi connectivity index (χ2n) is 6.26. The van der Waals surface area contributed by atoms with E-state index in [0.29, 0.717) is 6.54 Å². The molecular formula is C20H25ClN2O4S. The highest BCUT2D eigenvalue weighted by Gasteiger charge is 2.30. The Hall–Kier alpha value is -2.09. The normalized spacial score (nSPS) is 11.4. The van der Waals surface area contributed by atoms with Gasteiger partial charge in [-0.1, -0.05) is 55.3 Å². The maximum atomic E-state index is 13.3.